The first-order chi connectivity index (χ1) is 7.37. The lowest BCUT2D eigenvalue weighted by Gasteiger charge is -2.32. The zero-order chi connectivity index (χ0) is 12.0. The van der Waals surface area contributed by atoms with Gasteiger partial charge in [0.1, 0.15) is 4.21 Å². The van der Waals surface area contributed by atoms with Gasteiger partial charge in [0.05, 0.1) is 11.6 Å². The van der Waals surface area contributed by atoms with Gasteiger partial charge < -0.3 is 5.11 Å². The van der Waals surface area contributed by atoms with Crippen molar-refractivity contribution >= 4 is 21.4 Å². The second kappa shape index (κ2) is 3.80. The lowest BCUT2D eigenvalue weighted by molar-refractivity contribution is 0.0902. The summed E-state index contributed by atoms with van der Waals surface area (Å²) >= 11 is 1.21. The summed E-state index contributed by atoms with van der Waals surface area (Å²) in [4.78, 5) is 0. The van der Waals surface area contributed by atoms with E-state index >= 15 is 0 Å². The molecule has 0 spiro atoms. The van der Waals surface area contributed by atoms with Crippen molar-refractivity contribution in [2.75, 3.05) is 6.54 Å². The highest BCUT2D eigenvalue weighted by Gasteiger charge is 2.47. The summed E-state index contributed by atoms with van der Waals surface area (Å²) in [5.41, 5.74) is -0.719. The predicted octanol–water partition coefficient (Wildman–Crippen LogP) is 1.28. The van der Waals surface area contributed by atoms with Gasteiger partial charge in [0, 0.05) is 6.54 Å². The van der Waals surface area contributed by atoms with Crippen molar-refractivity contribution < 1.29 is 13.5 Å². The van der Waals surface area contributed by atoms with Crippen LogP contribution in [-0.4, -0.2) is 36.0 Å². The van der Waals surface area contributed by atoms with Crippen LogP contribution < -0.4 is 0 Å². The Kier molecular flexibility index (Phi) is 2.86. The van der Waals surface area contributed by atoms with Gasteiger partial charge in [-0.05, 0) is 31.7 Å². The van der Waals surface area contributed by atoms with E-state index in [1.165, 1.54) is 15.6 Å². The molecule has 4 nitrogen and oxygen atoms in total. The van der Waals surface area contributed by atoms with Crippen molar-refractivity contribution in [3.8, 4) is 0 Å². The van der Waals surface area contributed by atoms with Crippen LogP contribution >= 0.6 is 11.3 Å². The molecule has 1 N–H and O–H groups in total. The van der Waals surface area contributed by atoms with Gasteiger partial charge in [0.15, 0.2) is 0 Å². The molecule has 1 saturated heterocycles. The molecule has 16 heavy (non-hydrogen) atoms. The topological polar surface area (TPSA) is 57.6 Å². The molecule has 1 aromatic rings. The van der Waals surface area contributed by atoms with Crippen molar-refractivity contribution in [1.29, 1.82) is 0 Å². The number of hydrogen-bond donors (Lipinski definition) is 1. The highest BCUT2D eigenvalue weighted by molar-refractivity contribution is 7.91. The van der Waals surface area contributed by atoms with Gasteiger partial charge in [0.25, 0.3) is 10.0 Å². The minimum atomic E-state index is -3.44. The van der Waals surface area contributed by atoms with Gasteiger partial charge in [-0.15, -0.1) is 11.3 Å². The molecule has 0 aromatic carbocycles. The molecule has 0 amide bonds. The fourth-order valence-corrected chi connectivity index (χ4v) is 4.92. The quantitative estimate of drug-likeness (QED) is 0.872. The largest absolute Gasteiger partial charge is 0.391 e. The monoisotopic (exact) mass is 261 g/mol. The van der Waals surface area contributed by atoms with Crippen LogP contribution in [0.15, 0.2) is 21.7 Å². The molecule has 1 fully saturated rings. The highest BCUT2D eigenvalue weighted by atomic mass is 32.2. The van der Waals surface area contributed by atoms with Gasteiger partial charge in [0.2, 0.25) is 0 Å². The molecule has 0 aliphatic carbocycles. The van der Waals surface area contributed by atoms with Gasteiger partial charge in [-0.3, -0.25) is 0 Å². The van der Waals surface area contributed by atoms with Crippen molar-refractivity contribution in [3.63, 3.8) is 0 Å². The number of aliphatic hydroxyl groups is 1. The molecule has 1 atom stereocenters. The van der Waals surface area contributed by atoms with E-state index in [0.717, 1.165) is 0 Å². The van der Waals surface area contributed by atoms with Crippen molar-refractivity contribution in [2.45, 2.75) is 36.1 Å². The fraction of sp³-hybridized carbons (Fsp3) is 0.600. The molecular formula is C10H15NO3S2. The standard InChI is InChI=1S/C10H15NO3S2/c1-10(2)8(12)5-6-11(10)16(13,14)9-4-3-7-15-9/h3-4,7-8,12H,5-6H2,1-2H3. The van der Waals surface area contributed by atoms with Crippen molar-refractivity contribution in [2.24, 2.45) is 0 Å². The number of thiophene rings is 1. The van der Waals surface area contributed by atoms with Crippen LogP contribution in [0, 0.1) is 0 Å². The maximum Gasteiger partial charge on any atom is 0.253 e. The molecule has 90 valence electrons. The highest BCUT2D eigenvalue weighted by Crippen LogP contribution is 2.35. The molecule has 1 unspecified atom stereocenters. The van der Waals surface area contributed by atoms with E-state index in [1.807, 2.05) is 0 Å². The van der Waals surface area contributed by atoms with Crippen LogP contribution in [0.25, 0.3) is 0 Å². The van der Waals surface area contributed by atoms with E-state index in [0.29, 0.717) is 17.2 Å². The van der Waals surface area contributed by atoms with Gasteiger partial charge in [-0.25, -0.2) is 8.42 Å². The molecular weight excluding hydrogens is 246 g/mol. The Hall–Kier alpha value is -0.430. The molecule has 1 aliphatic rings. The Morgan fingerprint density at radius 1 is 1.56 bits per heavy atom. The Morgan fingerprint density at radius 3 is 2.69 bits per heavy atom. The first-order valence-electron chi connectivity index (χ1n) is 5.11. The summed E-state index contributed by atoms with van der Waals surface area (Å²) < 4.78 is 26.3. The molecule has 2 heterocycles. The fourth-order valence-electron chi connectivity index (χ4n) is 2.00. The molecule has 1 aliphatic heterocycles. The van der Waals surface area contributed by atoms with Gasteiger partial charge in [-0.1, -0.05) is 6.07 Å². The average molecular weight is 261 g/mol. The number of hydrogen-bond acceptors (Lipinski definition) is 4. The van der Waals surface area contributed by atoms with E-state index < -0.39 is 21.7 Å². The third-order valence-electron chi connectivity index (χ3n) is 3.10. The molecule has 2 rings (SSSR count). The van der Waals surface area contributed by atoms with E-state index in [2.05, 4.69) is 0 Å². The van der Waals surface area contributed by atoms with E-state index in [1.54, 1.807) is 31.4 Å². The Morgan fingerprint density at radius 2 is 2.25 bits per heavy atom. The zero-order valence-electron chi connectivity index (χ0n) is 9.25. The predicted molar refractivity (Wildman–Crippen MR) is 62.9 cm³/mol. The second-order valence-electron chi connectivity index (χ2n) is 4.47. The summed E-state index contributed by atoms with van der Waals surface area (Å²) in [6, 6.07) is 3.32. The minimum absolute atomic E-state index is 0.342. The normalized spacial score (nSPS) is 26.1. The zero-order valence-corrected chi connectivity index (χ0v) is 10.9. The maximum atomic E-state index is 12.3. The Balaban J connectivity index is 2.40. The van der Waals surface area contributed by atoms with Crippen LogP contribution in [0.2, 0.25) is 0 Å². The lowest BCUT2D eigenvalue weighted by Crippen LogP contribution is -2.47. The van der Waals surface area contributed by atoms with Gasteiger partial charge >= 0.3 is 0 Å². The SMILES string of the molecule is CC1(C)C(O)CCN1S(=O)(=O)c1cccs1. The van der Waals surface area contributed by atoms with Gasteiger partial charge in [-0.2, -0.15) is 4.31 Å². The lowest BCUT2D eigenvalue weighted by atomic mass is 10.0. The Bertz CT molecular complexity index is 464. The molecule has 1 aromatic heterocycles. The van der Waals surface area contributed by atoms with Crippen LogP contribution in [-0.2, 0) is 10.0 Å². The van der Waals surface area contributed by atoms with Crippen molar-refractivity contribution in [1.82, 2.24) is 4.31 Å². The van der Waals surface area contributed by atoms with Crippen LogP contribution in [0.5, 0.6) is 0 Å². The second-order valence-corrected chi connectivity index (χ2v) is 7.50. The first kappa shape index (κ1) is 12.0. The van der Waals surface area contributed by atoms with E-state index in [9.17, 15) is 13.5 Å². The average Bonchev–Trinajstić information content (AvgIpc) is 2.76. The number of aliphatic hydroxyl groups excluding tert-OH is 1. The smallest absolute Gasteiger partial charge is 0.253 e. The summed E-state index contributed by atoms with van der Waals surface area (Å²) in [7, 11) is -3.44. The molecule has 0 radical (unpaired) electrons. The maximum absolute atomic E-state index is 12.3. The van der Waals surface area contributed by atoms with Crippen LogP contribution in [0.3, 0.4) is 0 Å². The summed E-state index contributed by atoms with van der Waals surface area (Å²) in [5.74, 6) is 0. The number of nitrogens with zero attached hydrogens (tertiary/aromatic N) is 1. The summed E-state index contributed by atoms with van der Waals surface area (Å²) in [6.07, 6.45) is -0.0975. The third kappa shape index (κ3) is 1.69. The molecule has 6 heteroatoms. The summed E-state index contributed by atoms with van der Waals surface area (Å²) in [5, 5.41) is 11.5. The van der Waals surface area contributed by atoms with E-state index in [-0.39, 0.29) is 0 Å². The molecule has 0 saturated carbocycles. The third-order valence-corrected chi connectivity index (χ3v) is 6.56. The number of rotatable bonds is 2. The number of sulfonamides is 1. The first-order valence-corrected chi connectivity index (χ1v) is 7.43. The van der Waals surface area contributed by atoms with Crippen LogP contribution in [0.1, 0.15) is 20.3 Å². The molecule has 0 bridgehead atoms. The van der Waals surface area contributed by atoms with Crippen molar-refractivity contribution in [3.05, 3.63) is 17.5 Å². The Labute approximate surface area is 99.6 Å². The van der Waals surface area contributed by atoms with Crippen LogP contribution in [0.4, 0.5) is 0 Å². The van der Waals surface area contributed by atoms with E-state index in [4.69, 9.17) is 0 Å². The summed E-state index contributed by atoms with van der Waals surface area (Å²) in [6.45, 7) is 3.90. The minimum Gasteiger partial charge on any atom is -0.391 e.